The van der Waals surface area contributed by atoms with Crippen molar-refractivity contribution in [1.29, 1.82) is 0 Å². The van der Waals surface area contributed by atoms with Gasteiger partial charge in [0.25, 0.3) is 5.56 Å². The zero-order chi connectivity index (χ0) is 20.8. The summed E-state index contributed by atoms with van der Waals surface area (Å²) in [5.41, 5.74) is 1.06. The minimum absolute atomic E-state index is 0.0291. The molecule has 0 spiro atoms. The van der Waals surface area contributed by atoms with E-state index in [0.29, 0.717) is 23.5 Å². The van der Waals surface area contributed by atoms with E-state index in [9.17, 15) is 9.59 Å². The molecule has 0 bridgehead atoms. The Balaban J connectivity index is 1.80. The van der Waals surface area contributed by atoms with Crippen LogP contribution in [0.4, 0.5) is 0 Å². The predicted molar refractivity (Wildman–Crippen MR) is 123 cm³/mol. The minimum Gasteiger partial charge on any atom is -0.349 e. The molecule has 0 N–H and O–H groups in total. The summed E-state index contributed by atoms with van der Waals surface area (Å²) in [5.74, 6) is 0.956. The number of benzene rings is 1. The van der Waals surface area contributed by atoms with Crippen LogP contribution in [-0.2, 0) is 11.3 Å². The molecule has 0 fully saturated rings. The highest BCUT2D eigenvalue weighted by atomic mass is 32.2. The fourth-order valence-corrected chi connectivity index (χ4v) is 4.99. The molecule has 1 amide bonds. The van der Waals surface area contributed by atoms with E-state index in [1.165, 1.54) is 0 Å². The summed E-state index contributed by atoms with van der Waals surface area (Å²) in [6.07, 6.45) is 3.99. The molecule has 0 saturated heterocycles. The maximum atomic E-state index is 13.1. The van der Waals surface area contributed by atoms with Gasteiger partial charge in [-0.25, -0.2) is 4.98 Å². The van der Waals surface area contributed by atoms with Crippen molar-refractivity contribution in [3.63, 3.8) is 0 Å². The number of carbonyl (C=O) groups excluding carboxylic acids is 1. The van der Waals surface area contributed by atoms with Gasteiger partial charge in [-0.05, 0) is 24.5 Å². The first-order valence-electron chi connectivity index (χ1n) is 9.55. The van der Waals surface area contributed by atoms with E-state index in [1.807, 2.05) is 36.4 Å². The number of allylic oxidation sites excluding steroid dienone is 1. The van der Waals surface area contributed by atoms with Gasteiger partial charge < -0.3 is 4.90 Å². The Hall–Kier alpha value is -2.38. The van der Waals surface area contributed by atoms with E-state index in [2.05, 4.69) is 6.58 Å². The summed E-state index contributed by atoms with van der Waals surface area (Å²) in [6, 6.07) is 12.0. The van der Waals surface area contributed by atoms with E-state index in [0.717, 1.165) is 33.9 Å². The number of rotatable bonds is 9. The van der Waals surface area contributed by atoms with Gasteiger partial charge in [-0.1, -0.05) is 48.2 Å². The van der Waals surface area contributed by atoms with Gasteiger partial charge in [-0.15, -0.1) is 17.9 Å². The van der Waals surface area contributed by atoms with Gasteiger partial charge in [0, 0.05) is 37.7 Å². The third kappa shape index (κ3) is 5.16. The van der Waals surface area contributed by atoms with E-state index < -0.39 is 0 Å². The number of fused-ring (bicyclic) bond motifs is 1. The SMILES string of the molecule is C=CCn1c(SCCCCC(=O)N(C)C)nc2sc(-c3ccccc3)cc2c1=O. The molecular weight excluding hydrogens is 402 g/mol. The Bertz CT molecular complexity index is 1060. The van der Waals surface area contributed by atoms with Crippen molar-refractivity contribution in [3.8, 4) is 10.4 Å². The van der Waals surface area contributed by atoms with Crippen LogP contribution in [0.3, 0.4) is 0 Å². The first kappa shape index (κ1) is 21.3. The lowest BCUT2D eigenvalue weighted by molar-refractivity contribution is -0.128. The van der Waals surface area contributed by atoms with Crippen molar-refractivity contribution < 1.29 is 4.79 Å². The van der Waals surface area contributed by atoms with E-state index in [1.54, 1.807) is 52.7 Å². The van der Waals surface area contributed by atoms with Crippen LogP contribution in [0.25, 0.3) is 20.7 Å². The van der Waals surface area contributed by atoms with Crippen LogP contribution >= 0.6 is 23.1 Å². The lowest BCUT2D eigenvalue weighted by Gasteiger charge is -2.11. The van der Waals surface area contributed by atoms with Gasteiger partial charge in [0.15, 0.2) is 5.16 Å². The number of nitrogens with zero attached hydrogens (tertiary/aromatic N) is 3. The number of unbranched alkanes of at least 4 members (excludes halogenated alkanes) is 1. The summed E-state index contributed by atoms with van der Waals surface area (Å²) in [7, 11) is 3.55. The third-order valence-electron chi connectivity index (χ3n) is 4.50. The van der Waals surface area contributed by atoms with Crippen molar-refractivity contribution in [2.45, 2.75) is 31.0 Å². The third-order valence-corrected chi connectivity index (χ3v) is 6.64. The molecule has 0 atom stereocenters. The number of thiophene rings is 1. The van der Waals surface area contributed by atoms with Gasteiger partial charge in [-0.3, -0.25) is 14.2 Å². The van der Waals surface area contributed by atoms with Crippen LogP contribution in [0.5, 0.6) is 0 Å². The Kier molecular flexibility index (Phi) is 7.28. The molecule has 0 aliphatic carbocycles. The number of carbonyl (C=O) groups is 1. The second kappa shape index (κ2) is 9.89. The maximum absolute atomic E-state index is 13.1. The van der Waals surface area contributed by atoms with Gasteiger partial charge in [0.05, 0.1) is 5.39 Å². The molecular formula is C22H25N3O2S2. The smallest absolute Gasteiger partial charge is 0.263 e. The van der Waals surface area contributed by atoms with Crippen molar-refractivity contribution in [1.82, 2.24) is 14.5 Å². The van der Waals surface area contributed by atoms with Gasteiger partial charge in [0.2, 0.25) is 5.91 Å². The zero-order valence-corrected chi connectivity index (χ0v) is 18.4. The maximum Gasteiger partial charge on any atom is 0.263 e. The molecule has 5 nitrogen and oxygen atoms in total. The Labute approximate surface area is 179 Å². The van der Waals surface area contributed by atoms with Crippen LogP contribution in [-0.4, -0.2) is 40.2 Å². The van der Waals surface area contributed by atoms with Gasteiger partial charge in [0.1, 0.15) is 4.83 Å². The molecule has 29 heavy (non-hydrogen) atoms. The van der Waals surface area contributed by atoms with Crippen molar-refractivity contribution >= 4 is 39.2 Å². The molecule has 3 aromatic rings. The number of aromatic nitrogens is 2. The Morgan fingerprint density at radius 1 is 1.28 bits per heavy atom. The van der Waals surface area contributed by atoms with Crippen molar-refractivity contribution in [3.05, 3.63) is 59.4 Å². The summed E-state index contributed by atoms with van der Waals surface area (Å²) in [4.78, 5) is 32.9. The fourth-order valence-electron chi connectivity index (χ4n) is 2.91. The van der Waals surface area contributed by atoms with Crippen LogP contribution in [0.2, 0.25) is 0 Å². The molecule has 1 aromatic carbocycles. The average molecular weight is 428 g/mol. The average Bonchev–Trinajstić information content (AvgIpc) is 3.15. The molecule has 0 unspecified atom stereocenters. The Morgan fingerprint density at radius 2 is 2.03 bits per heavy atom. The summed E-state index contributed by atoms with van der Waals surface area (Å²) >= 11 is 3.11. The standard InChI is InChI=1S/C22H25N3O2S2/c1-4-13-25-21(27)17-15-18(16-10-6-5-7-11-16)29-20(17)23-22(25)28-14-9-8-12-19(26)24(2)3/h4-7,10-11,15H,1,8-9,12-14H2,2-3H3. The van der Waals surface area contributed by atoms with Crippen LogP contribution in [0.15, 0.2) is 59.0 Å². The summed E-state index contributed by atoms with van der Waals surface area (Å²) in [5, 5.41) is 1.36. The molecule has 2 heterocycles. The fraction of sp³-hybridized carbons (Fsp3) is 0.318. The highest BCUT2D eigenvalue weighted by Crippen LogP contribution is 2.32. The quantitative estimate of drug-likeness (QED) is 0.216. The highest BCUT2D eigenvalue weighted by molar-refractivity contribution is 7.99. The van der Waals surface area contributed by atoms with E-state index in [4.69, 9.17) is 4.98 Å². The summed E-state index contributed by atoms with van der Waals surface area (Å²) < 4.78 is 1.69. The first-order valence-corrected chi connectivity index (χ1v) is 11.3. The van der Waals surface area contributed by atoms with Crippen LogP contribution in [0, 0.1) is 0 Å². The monoisotopic (exact) mass is 427 g/mol. The van der Waals surface area contributed by atoms with E-state index in [-0.39, 0.29) is 11.5 Å². The first-order chi connectivity index (χ1) is 14.0. The topological polar surface area (TPSA) is 55.2 Å². The molecule has 2 aromatic heterocycles. The predicted octanol–water partition coefficient (Wildman–Crippen LogP) is 4.66. The van der Waals surface area contributed by atoms with Crippen molar-refractivity contribution in [2.24, 2.45) is 0 Å². The van der Waals surface area contributed by atoms with E-state index >= 15 is 0 Å². The molecule has 152 valence electrons. The number of thioether (sulfide) groups is 1. The molecule has 0 aliphatic heterocycles. The highest BCUT2D eigenvalue weighted by Gasteiger charge is 2.15. The molecule has 0 aliphatic rings. The van der Waals surface area contributed by atoms with Crippen LogP contribution < -0.4 is 5.56 Å². The minimum atomic E-state index is -0.0291. The zero-order valence-electron chi connectivity index (χ0n) is 16.8. The molecule has 0 radical (unpaired) electrons. The van der Waals surface area contributed by atoms with Gasteiger partial charge >= 0.3 is 0 Å². The largest absolute Gasteiger partial charge is 0.349 e. The number of hydrogen-bond acceptors (Lipinski definition) is 5. The number of hydrogen-bond donors (Lipinski definition) is 0. The van der Waals surface area contributed by atoms with Gasteiger partial charge in [-0.2, -0.15) is 0 Å². The lowest BCUT2D eigenvalue weighted by atomic mass is 10.2. The lowest BCUT2D eigenvalue weighted by Crippen LogP contribution is -2.22. The molecule has 3 rings (SSSR count). The van der Waals surface area contributed by atoms with Crippen molar-refractivity contribution in [2.75, 3.05) is 19.8 Å². The number of amides is 1. The summed E-state index contributed by atoms with van der Waals surface area (Å²) in [6.45, 7) is 4.21. The second-order valence-corrected chi connectivity index (χ2v) is 8.98. The Morgan fingerprint density at radius 3 is 2.72 bits per heavy atom. The molecule has 0 saturated carbocycles. The molecule has 7 heteroatoms. The second-order valence-electron chi connectivity index (χ2n) is 6.89. The van der Waals surface area contributed by atoms with Crippen LogP contribution in [0.1, 0.15) is 19.3 Å². The normalized spacial score (nSPS) is 11.0.